The van der Waals surface area contributed by atoms with Gasteiger partial charge in [0.1, 0.15) is 5.56 Å². The monoisotopic (exact) mass is 412 g/mol. The van der Waals surface area contributed by atoms with E-state index in [0.717, 1.165) is 11.1 Å². The molecule has 136 valence electrons. The number of sulfonamides is 1. The van der Waals surface area contributed by atoms with Crippen molar-refractivity contribution in [2.45, 2.75) is 22.3 Å². The molecule has 0 saturated carbocycles. The first-order chi connectivity index (χ1) is 12.2. The molecule has 1 heterocycles. The molecular formula is C17H18Cl2N4O2S+2. The number of alkyl halides is 2. The molecule has 2 aromatic carbocycles. The number of nitrogens with one attached hydrogen (secondary N) is 3. The van der Waals surface area contributed by atoms with E-state index in [1.807, 2.05) is 37.3 Å². The number of benzene rings is 2. The minimum Gasteiger partial charge on any atom is -0.342 e. The lowest BCUT2D eigenvalue weighted by atomic mass is 10.2. The van der Waals surface area contributed by atoms with Crippen LogP contribution < -0.4 is 20.4 Å². The molecule has 0 aliphatic carbocycles. The molecule has 0 saturated heterocycles. The maximum atomic E-state index is 12.8. The van der Waals surface area contributed by atoms with Crippen molar-refractivity contribution in [3.05, 3.63) is 65.7 Å². The van der Waals surface area contributed by atoms with Gasteiger partial charge in [-0.3, -0.25) is 0 Å². The van der Waals surface area contributed by atoms with E-state index in [1.165, 1.54) is 12.1 Å². The molecule has 5 N–H and O–H groups in total. The zero-order chi connectivity index (χ0) is 18.9. The molecular weight excluding hydrogens is 395 g/mol. The van der Waals surface area contributed by atoms with Crippen LogP contribution >= 0.6 is 23.2 Å². The second kappa shape index (κ2) is 7.00. The Morgan fingerprint density at radius 3 is 2.27 bits per heavy atom. The summed E-state index contributed by atoms with van der Waals surface area (Å²) in [5.74, 6) is 0.558. The van der Waals surface area contributed by atoms with Gasteiger partial charge in [0.15, 0.2) is 4.84 Å². The highest BCUT2D eigenvalue weighted by molar-refractivity contribution is 7.89. The van der Waals surface area contributed by atoms with Crippen LogP contribution in [0, 0.1) is 6.92 Å². The Labute approximate surface area is 161 Å². The van der Waals surface area contributed by atoms with Crippen LogP contribution in [0.5, 0.6) is 0 Å². The molecule has 0 amide bonds. The fraction of sp³-hybridized carbons (Fsp3) is 0.176. The smallest absolute Gasteiger partial charge is 0.342 e. The largest absolute Gasteiger partial charge is 0.446 e. The molecule has 0 spiro atoms. The summed E-state index contributed by atoms with van der Waals surface area (Å²) in [7, 11) is -3.94. The number of nitrogens with two attached hydrogens (primary N) is 1. The fourth-order valence-corrected chi connectivity index (χ4v) is 4.46. The second-order valence-corrected chi connectivity index (χ2v) is 8.71. The Morgan fingerprint density at radius 2 is 1.69 bits per heavy atom. The molecule has 6 nitrogen and oxygen atoms in total. The molecule has 0 radical (unpaired) electrons. The van der Waals surface area contributed by atoms with Crippen LogP contribution in [0.2, 0.25) is 0 Å². The van der Waals surface area contributed by atoms with Crippen LogP contribution in [0.3, 0.4) is 0 Å². The summed E-state index contributed by atoms with van der Waals surface area (Å²) in [6.45, 7) is 1.87. The lowest BCUT2D eigenvalue weighted by molar-refractivity contribution is -0.542. The van der Waals surface area contributed by atoms with E-state index in [-0.39, 0.29) is 10.7 Å². The Kier molecular flexibility index (Phi) is 5.07. The summed E-state index contributed by atoms with van der Waals surface area (Å²) in [6.07, 6.45) is 0. The average molecular weight is 413 g/mol. The van der Waals surface area contributed by atoms with Crippen molar-refractivity contribution in [2.75, 3.05) is 0 Å². The first-order valence-electron chi connectivity index (χ1n) is 7.74. The lowest BCUT2D eigenvalue weighted by Crippen LogP contribution is -2.96. The molecule has 1 aliphatic rings. The maximum absolute atomic E-state index is 12.8. The minimum atomic E-state index is -3.94. The topological polar surface area (TPSA) is 100 Å². The van der Waals surface area contributed by atoms with Gasteiger partial charge in [-0.2, -0.15) is 4.99 Å². The normalized spacial score (nSPS) is 20.2. The molecule has 9 heteroatoms. The van der Waals surface area contributed by atoms with Crippen molar-refractivity contribution in [3.8, 4) is 0 Å². The third-order valence-corrected chi connectivity index (χ3v) is 6.16. The van der Waals surface area contributed by atoms with Crippen LogP contribution in [0.1, 0.15) is 11.1 Å². The van der Waals surface area contributed by atoms with Crippen molar-refractivity contribution in [3.63, 3.8) is 0 Å². The van der Waals surface area contributed by atoms with E-state index in [0.29, 0.717) is 5.84 Å². The van der Waals surface area contributed by atoms with Crippen molar-refractivity contribution < 1.29 is 18.4 Å². The molecule has 3 rings (SSSR count). The van der Waals surface area contributed by atoms with E-state index in [2.05, 4.69) is 14.7 Å². The van der Waals surface area contributed by atoms with E-state index in [4.69, 9.17) is 28.9 Å². The van der Waals surface area contributed by atoms with Gasteiger partial charge in [0.2, 0.25) is 10.0 Å². The predicted octanol–water partition coefficient (Wildman–Crippen LogP) is -1.25. The molecule has 2 aromatic rings. The molecule has 1 aliphatic heterocycles. The number of rotatable bonds is 5. The van der Waals surface area contributed by atoms with Gasteiger partial charge in [0.25, 0.3) is 0 Å². The van der Waals surface area contributed by atoms with E-state index < -0.39 is 20.5 Å². The molecule has 0 aromatic heterocycles. The summed E-state index contributed by atoms with van der Waals surface area (Å²) < 4.78 is 28.2. The van der Waals surface area contributed by atoms with Gasteiger partial charge in [-0.25, -0.2) is 8.42 Å². The Balaban J connectivity index is 2.03. The number of hydrogen-bond acceptors (Lipinski definition) is 3. The highest BCUT2D eigenvalue weighted by atomic mass is 35.5. The second-order valence-electron chi connectivity index (χ2n) is 5.93. The van der Waals surface area contributed by atoms with E-state index in [1.54, 1.807) is 12.1 Å². The van der Waals surface area contributed by atoms with E-state index >= 15 is 0 Å². The number of amidine groups is 2. The fourth-order valence-electron chi connectivity index (χ4n) is 2.56. The van der Waals surface area contributed by atoms with E-state index in [9.17, 15) is 8.42 Å². The van der Waals surface area contributed by atoms with Crippen LogP contribution in [-0.2, 0) is 10.0 Å². The number of halogens is 2. The SMILES string of the molecule is Cc1ccc(S(=O)(=O)N[C@@]2(C(Cl)Cl)[NH+]=C(c3ccccc3)[NH+]=C2N)cc1. The first-order valence-corrected chi connectivity index (χ1v) is 10.1. The minimum absolute atomic E-state index is 0.0574. The van der Waals surface area contributed by atoms with Gasteiger partial charge in [0.05, 0.1) is 4.90 Å². The Morgan fingerprint density at radius 1 is 1.08 bits per heavy atom. The highest BCUT2D eigenvalue weighted by Crippen LogP contribution is 2.18. The van der Waals surface area contributed by atoms with Gasteiger partial charge in [0, 0.05) is 0 Å². The summed E-state index contributed by atoms with van der Waals surface area (Å²) in [6, 6.07) is 15.6. The molecule has 26 heavy (non-hydrogen) atoms. The Bertz CT molecular complexity index is 974. The summed E-state index contributed by atoms with van der Waals surface area (Å²) >= 11 is 12.3. The van der Waals surface area contributed by atoms with Crippen LogP contribution in [0.4, 0.5) is 0 Å². The first kappa shape index (κ1) is 18.8. The average Bonchev–Trinajstić information content (AvgIpc) is 2.93. The maximum Gasteiger partial charge on any atom is 0.446 e. The third kappa shape index (κ3) is 3.48. The van der Waals surface area contributed by atoms with Crippen LogP contribution in [0.15, 0.2) is 59.5 Å². The third-order valence-electron chi connectivity index (χ3n) is 4.02. The summed E-state index contributed by atoms with van der Waals surface area (Å²) in [5, 5.41) is 0. The van der Waals surface area contributed by atoms with Gasteiger partial charge in [-0.05, 0) is 31.2 Å². The highest BCUT2D eigenvalue weighted by Gasteiger charge is 2.59. The standard InChI is InChI=1S/C17H16Cl2N4O2S/c1-11-7-9-13(10-8-11)26(24,25)23-17(15(18)19)16(20)21-14(22-17)12-5-3-2-4-6-12/h2-10,15,23H,1H3,(H2,20,21,22)/p+2/t17-/m1/s1. The summed E-state index contributed by atoms with van der Waals surface area (Å²) in [4.78, 5) is 4.81. The van der Waals surface area contributed by atoms with Gasteiger partial charge in [-0.1, -0.05) is 59.1 Å². The van der Waals surface area contributed by atoms with Gasteiger partial charge in [-0.15, -0.1) is 9.71 Å². The molecule has 0 bridgehead atoms. The van der Waals surface area contributed by atoms with Crippen molar-refractivity contribution in [1.29, 1.82) is 0 Å². The van der Waals surface area contributed by atoms with Crippen molar-refractivity contribution in [2.24, 2.45) is 5.73 Å². The van der Waals surface area contributed by atoms with Crippen molar-refractivity contribution >= 4 is 44.9 Å². The molecule has 0 unspecified atom stereocenters. The van der Waals surface area contributed by atoms with Crippen LogP contribution in [-0.4, -0.2) is 30.6 Å². The Hall–Kier alpha value is -1.93. The zero-order valence-corrected chi connectivity index (χ0v) is 16.2. The summed E-state index contributed by atoms with van der Waals surface area (Å²) in [5.41, 5.74) is 6.20. The predicted molar refractivity (Wildman–Crippen MR) is 101 cm³/mol. The van der Waals surface area contributed by atoms with Crippen molar-refractivity contribution in [1.82, 2.24) is 4.72 Å². The number of aryl methyl sites for hydroxylation is 1. The molecule has 1 atom stereocenters. The van der Waals surface area contributed by atoms with Gasteiger partial charge < -0.3 is 5.73 Å². The zero-order valence-electron chi connectivity index (χ0n) is 13.8. The van der Waals surface area contributed by atoms with Crippen LogP contribution in [0.25, 0.3) is 0 Å². The van der Waals surface area contributed by atoms with Gasteiger partial charge >= 0.3 is 17.3 Å². The lowest BCUT2D eigenvalue weighted by Gasteiger charge is -2.19. The molecule has 0 fully saturated rings. The quantitative estimate of drug-likeness (QED) is 0.461. The number of hydrogen-bond donors (Lipinski definition) is 4.